The summed E-state index contributed by atoms with van der Waals surface area (Å²) in [6.07, 6.45) is -0.684. The van der Waals surface area contributed by atoms with Gasteiger partial charge in [-0.05, 0) is 19.4 Å². The van der Waals surface area contributed by atoms with Crippen LogP contribution in [0.5, 0.6) is 0 Å². The number of aliphatic hydroxyl groups excluding tert-OH is 3. The van der Waals surface area contributed by atoms with Crippen LogP contribution in [0.3, 0.4) is 0 Å². The first-order chi connectivity index (χ1) is 22.7. The van der Waals surface area contributed by atoms with Gasteiger partial charge in [0.1, 0.15) is 29.9 Å². The van der Waals surface area contributed by atoms with E-state index in [1.807, 2.05) is 5.32 Å². The number of amides is 8. The van der Waals surface area contributed by atoms with E-state index in [1.54, 1.807) is 0 Å². The van der Waals surface area contributed by atoms with E-state index in [9.17, 15) is 48.9 Å². The number of urea groups is 1. The van der Waals surface area contributed by atoms with Gasteiger partial charge in [-0.3, -0.25) is 33.8 Å². The van der Waals surface area contributed by atoms with Crippen molar-refractivity contribution in [3.05, 3.63) is 11.9 Å². The average molecular weight is 686 g/mol. The standard InChI is InChI=1S/C25H43N13O10/c26-3-1-16(41)10(27)5-17(42)33-12-6-31-23(47)18(11-2-4-30-24(28)37-11)38-20(44)13(7-32-25(29)48)34-21(45)14(8-39)36-22(46)15(9-40)35-19(12)43/h7,10-12,14-16,18,39-41H,1-6,8-9,26-27H2,(H,31,47)(H,33,42)(H,34,45)(H,35,43)(H,36,46)(H,38,44)(H3,28,30,37)(H3,29,32,48)/b13-7-/t10-,11+,12-,14-,15-,16-,18-/m0/s1. The van der Waals surface area contributed by atoms with E-state index < -0.39 is 116 Å². The first-order valence-electron chi connectivity index (χ1n) is 14.7. The molecule has 0 bridgehead atoms. The van der Waals surface area contributed by atoms with Gasteiger partial charge in [0, 0.05) is 31.8 Å². The molecule has 1 fully saturated rings. The van der Waals surface area contributed by atoms with Crippen LogP contribution in [0.15, 0.2) is 16.9 Å². The fourth-order valence-corrected chi connectivity index (χ4v) is 4.41. The van der Waals surface area contributed by atoms with Crippen LogP contribution in [0.4, 0.5) is 4.79 Å². The molecule has 0 radical (unpaired) electrons. The summed E-state index contributed by atoms with van der Waals surface area (Å²) >= 11 is 0. The highest BCUT2D eigenvalue weighted by Crippen LogP contribution is 2.07. The van der Waals surface area contributed by atoms with Gasteiger partial charge < -0.3 is 80.8 Å². The Labute approximate surface area is 273 Å². The van der Waals surface area contributed by atoms with Gasteiger partial charge >= 0.3 is 6.03 Å². The van der Waals surface area contributed by atoms with E-state index in [0.717, 1.165) is 0 Å². The Hall–Kier alpha value is -5.10. The first kappa shape index (κ1) is 39.1. The van der Waals surface area contributed by atoms with Crippen LogP contribution >= 0.6 is 0 Å². The second-order valence-corrected chi connectivity index (χ2v) is 10.7. The number of rotatable bonds is 10. The van der Waals surface area contributed by atoms with Crippen molar-refractivity contribution in [3.8, 4) is 0 Å². The fourth-order valence-electron chi connectivity index (χ4n) is 4.41. The molecule has 0 aliphatic carbocycles. The van der Waals surface area contributed by atoms with E-state index in [2.05, 4.69) is 42.2 Å². The lowest BCUT2D eigenvalue weighted by atomic mass is 10.0. The van der Waals surface area contributed by atoms with Gasteiger partial charge in [0.2, 0.25) is 29.5 Å². The molecule has 23 nitrogen and oxygen atoms in total. The highest BCUT2D eigenvalue weighted by molar-refractivity contribution is 6.02. The molecule has 19 N–H and O–H groups in total. The second kappa shape index (κ2) is 18.9. The summed E-state index contributed by atoms with van der Waals surface area (Å²) in [6, 6.07) is -9.75. The molecule has 48 heavy (non-hydrogen) atoms. The molecule has 0 spiro atoms. The lowest BCUT2D eigenvalue weighted by Crippen LogP contribution is -2.64. The Balaban J connectivity index is 2.52. The van der Waals surface area contributed by atoms with E-state index in [4.69, 9.17) is 22.9 Å². The number of nitrogens with one attached hydrogen (secondary N) is 8. The van der Waals surface area contributed by atoms with E-state index >= 15 is 0 Å². The van der Waals surface area contributed by atoms with Crippen LogP contribution < -0.4 is 65.5 Å². The minimum absolute atomic E-state index is 0.0610. The third-order valence-corrected chi connectivity index (χ3v) is 7.03. The van der Waals surface area contributed by atoms with Gasteiger partial charge in [0.25, 0.3) is 5.91 Å². The molecule has 23 heteroatoms. The van der Waals surface area contributed by atoms with Crippen molar-refractivity contribution < 1.29 is 48.9 Å². The average Bonchev–Trinajstić information content (AvgIpc) is 3.03. The highest BCUT2D eigenvalue weighted by atomic mass is 16.3. The molecule has 0 aromatic rings. The Morgan fingerprint density at radius 1 is 0.979 bits per heavy atom. The Kier molecular flexibility index (Phi) is 15.4. The molecule has 2 aliphatic heterocycles. The van der Waals surface area contributed by atoms with Crippen LogP contribution in [-0.4, -0.2) is 138 Å². The Morgan fingerprint density at radius 2 is 1.62 bits per heavy atom. The zero-order chi connectivity index (χ0) is 36.0. The third kappa shape index (κ3) is 11.9. The summed E-state index contributed by atoms with van der Waals surface area (Å²) in [7, 11) is 0. The van der Waals surface area contributed by atoms with Crippen LogP contribution in [-0.2, 0) is 28.8 Å². The fraction of sp³-hybridized carbons (Fsp3) is 0.600. The molecular weight excluding hydrogens is 642 g/mol. The number of nitrogens with two attached hydrogens (primary N) is 4. The van der Waals surface area contributed by atoms with Crippen molar-refractivity contribution in [3.63, 3.8) is 0 Å². The monoisotopic (exact) mass is 685 g/mol. The molecule has 268 valence electrons. The number of hydrogen-bond donors (Lipinski definition) is 15. The maximum atomic E-state index is 13.6. The van der Waals surface area contributed by atoms with Gasteiger partial charge in [0.15, 0.2) is 5.96 Å². The second-order valence-electron chi connectivity index (χ2n) is 10.7. The lowest BCUT2D eigenvalue weighted by molar-refractivity contribution is -0.135. The maximum Gasteiger partial charge on any atom is 0.316 e. The van der Waals surface area contributed by atoms with Gasteiger partial charge in [-0.15, -0.1) is 0 Å². The highest BCUT2D eigenvalue weighted by Gasteiger charge is 2.36. The molecule has 0 aromatic carbocycles. The van der Waals surface area contributed by atoms with Gasteiger partial charge in [-0.2, -0.15) is 0 Å². The zero-order valence-electron chi connectivity index (χ0n) is 25.7. The van der Waals surface area contributed by atoms with Gasteiger partial charge in [0.05, 0.1) is 25.4 Å². The van der Waals surface area contributed by atoms with E-state index in [-0.39, 0.29) is 31.9 Å². The minimum atomic E-state index is -1.77. The molecule has 2 aliphatic rings. The topological polar surface area (TPSA) is 393 Å². The number of guanidine groups is 1. The van der Waals surface area contributed by atoms with E-state index in [1.165, 1.54) is 0 Å². The predicted molar refractivity (Wildman–Crippen MR) is 164 cm³/mol. The molecular formula is C25H43N13O10. The van der Waals surface area contributed by atoms with Crippen LogP contribution in [0.1, 0.15) is 19.3 Å². The normalized spacial score (nSPS) is 26.7. The van der Waals surface area contributed by atoms with Crippen molar-refractivity contribution in [2.75, 3.05) is 32.8 Å². The number of carbonyl (C=O) groups excluding carboxylic acids is 7. The van der Waals surface area contributed by atoms with Crippen molar-refractivity contribution in [1.82, 2.24) is 42.5 Å². The largest absolute Gasteiger partial charge is 0.394 e. The third-order valence-electron chi connectivity index (χ3n) is 7.03. The quantitative estimate of drug-likeness (QED) is 0.0950. The molecule has 2 heterocycles. The number of hydrogen-bond acceptors (Lipinski definition) is 15. The summed E-state index contributed by atoms with van der Waals surface area (Å²) in [4.78, 5) is 94.2. The predicted octanol–water partition coefficient (Wildman–Crippen LogP) is -9.23. The Morgan fingerprint density at radius 3 is 2.23 bits per heavy atom. The lowest BCUT2D eigenvalue weighted by Gasteiger charge is -2.31. The molecule has 1 saturated heterocycles. The molecule has 7 atom stereocenters. The summed E-state index contributed by atoms with van der Waals surface area (Å²) < 4.78 is 0. The molecule has 2 rings (SSSR count). The number of nitrogens with zero attached hydrogens (tertiary/aromatic N) is 1. The molecule has 0 unspecified atom stereocenters. The van der Waals surface area contributed by atoms with E-state index in [0.29, 0.717) is 6.20 Å². The number of carbonyl (C=O) groups is 7. The van der Waals surface area contributed by atoms with Crippen molar-refractivity contribution in [2.24, 2.45) is 27.9 Å². The van der Waals surface area contributed by atoms with Crippen molar-refractivity contribution in [1.29, 1.82) is 0 Å². The summed E-state index contributed by atoms with van der Waals surface area (Å²) in [5.74, 6) is -6.43. The maximum absolute atomic E-state index is 13.6. The summed E-state index contributed by atoms with van der Waals surface area (Å²) in [6.45, 7) is -2.46. The number of aliphatic hydroxyl groups is 3. The number of aliphatic imine (C=N–C) groups is 1. The number of primary amides is 1. The van der Waals surface area contributed by atoms with Crippen LogP contribution in [0, 0.1) is 0 Å². The first-order valence-corrected chi connectivity index (χ1v) is 14.7. The summed E-state index contributed by atoms with van der Waals surface area (Å²) in [5.41, 5.74) is 21.4. The van der Waals surface area contributed by atoms with Crippen LogP contribution in [0.2, 0.25) is 0 Å². The smallest absolute Gasteiger partial charge is 0.316 e. The minimum Gasteiger partial charge on any atom is -0.394 e. The van der Waals surface area contributed by atoms with Crippen molar-refractivity contribution >= 4 is 47.4 Å². The van der Waals surface area contributed by atoms with Crippen LogP contribution in [0.25, 0.3) is 0 Å². The zero-order valence-corrected chi connectivity index (χ0v) is 25.7. The SMILES string of the molecule is NCC[C@H](O)[C@@H](N)CC(=O)N[C@H]1CNC(=O)[C@H]([C@H]2CCN=C(N)N2)NC(=O)/C(=C/NC(N)=O)NC(=O)[C@H](CO)NC(=O)[C@H](CO)NC1=O. The molecule has 0 aromatic heterocycles. The van der Waals surface area contributed by atoms with Gasteiger partial charge in [-0.25, -0.2) is 4.79 Å². The molecule has 0 saturated carbocycles. The van der Waals surface area contributed by atoms with Gasteiger partial charge in [-0.1, -0.05) is 0 Å². The summed E-state index contributed by atoms with van der Waals surface area (Å²) in [5, 5.41) is 48.0. The molecule has 8 amide bonds. The van der Waals surface area contributed by atoms with Crippen molar-refractivity contribution in [2.45, 2.75) is 61.6 Å². The Bertz CT molecular complexity index is 1280.